The number of carbonyl (C=O) groups is 1. The minimum Gasteiger partial charge on any atom is -0.448 e. The fourth-order valence-corrected chi connectivity index (χ4v) is 3.34. The summed E-state index contributed by atoms with van der Waals surface area (Å²) in [7, 11) is 0. The number of para-hydroxylation sites is 3. The van der Waals surface area contributed by atoms with Gasteiger partial charge in [0.2, 0.25) is 0 Å². The van der Waals surface area contributed by atoms with E-state index in [4.69, 9.17) is 4.42 Å². The van der Waals surface area contributed by atoms with Gasteiger partial charge in [0.15, 0.2) is 10.2 Å². The second kappa shape index (κ2) is 7.98. The Morgan fingerprint density at radius 2 is 1.97 bits per heavy atom. The molecule has 0 saturated heterocycles. The Balaban J connectivity index is 1.40. The highest BCUT2D eigenvalue weighted by Gasteiger charge is 2.18. The topological polar surface area (TPSA) is 126 Å². The molecule has 0 saturated carbocycles. The summed E-state index contributed by atoms with van der Waals surface area (Å²) in [4.78, 5) is 30.1. The van der Waals surface area contributed by atoms with Crippen LogP contribution in [0.1, 0.15) is 16.1 Å². The number of nitrogens with zero attached hydrogens (tertiary/aromatic N) is 3. The minimum absolute atomic E-state index is 0.0739. The maximum Gasteiger partial charge on any atom is 0.282 e. The van der Waals surface area contributed by atoms with Gasteiger partial charge in [0.1, 0.15) is 11.3 Å². The van der Waals surface area contributed by atoms with Gasteiger partial charge in [-0.05, 0) is 42.1 Å². The molecule has 9 nitrogen and oxygen atoms in total. The molecule has 1 amide bonds. The van der Waals surface area contributed by atoms with Crippen LogP contribution in [0.2, 0.25) is 0 Å². The van der Waals surface area contributed by atoms with Crippen LogP contribution in [0.4, 0.5) is 5.69 Å². The van der Waals surface area contributed by atoms with Crippen molar-refractivity contribution in [2.75, 3.05) is 0 Å². The highest BCUT2D eigenvalue weighted by molar-refractivity contribution is 7.99. The summed E-state index contributed by atoms with van der Waals surface area (Å²) in [5, 5.41) is 16.1. The van der Waals surface area contributed by atoms with Crippen molar-refractivity contribution in [3.8, 4) is 0 Å². The van der Waals surface area contributed by atoms with Crippen molar-refractivity contribution >= 4 is 40.6 Å². The first kappa shape index (κ1) is 18.4. The van der Waals surface area contributed by atoms with E-state index in [1.54, 1.807) is 18.2 Å². The molecule has 0 atom stereocenters. The lowest BCUT2D eigenvalue weighted by Gasteiger charge is -2.00. The molecule has 0 spiro atoms. The van der Waals surface area contributed by atoms with Crippen LogP contribution in [-0.4, -0.2) is 27.0 Å². The van der Waals surface area contributed by atoms with Crippen LogP contribution in [0.15, 0.2) is 80.4 Å². The van der Waals surface area contributed by atoms with Crippen LogP contribution >= 0.6 is 11.8 Å². The van der Waals surface area contributed by atoms with Gasteiger partial charge >= 0.3 is 0 Å². The molecular formula is C19H13N5O4S. The number of furan rings is 1. The molecule has 10 heteroatoms. The lowest BCUT2D eigenvalue weighted by atomic mass is 10.2. The third-order valence-electron chi connectivity index (χ3n) is 3.87. The fraction of sp³-hybridized carbons (Fsp3) is 0. The highest BCUT2D eigenvalue weighted by Crippen LogP contribution is 2.28. The SMILES string of the molecule is O=C(NN=Cc1ccc(Sc2nc3ccccc3[nH]2)o1)c1ccccc1[N+](=O)[O-]. The molecule has 4 rings (SSSR count). The average molecular weight is 407 g/mol. The van der Waals surface area contributed by atoms with E-state index in [-0.39, 0.29) is 11.3 Å². The van der Waals surface area contributed by atoms with Crippen molar-refractivity contribution in [1.29, 1.82) is 0 Å². The summed E-state index contributed by atoms with van der Waals surface area (Å²) in [6, 6.07) is 16.8. The smallest absolute Gasteiger partial charge is 0.282 e. The Morgan fingerprint density at radius 3 is 2.79 bits per heavy atom. The van der Waals surface area contributed by atoms with Crippen LogP contribution in [-0.2, 0) is 0 Å². The summed E-state index contributed by atoms with van der Waals surface area (Å²) >= 11 is 1.32. The highest BCUT2D eigenvalue weighted by atomic mass is 32.2. The molecule has 4 aromatic rings. The van der Waals surface area contributed by atoms with Crippen LogP contribution in [0.25, 0.3) is 11.0 Å². The zero-order chi connectivity index (χ0) is 20.2. The molecule has 0 radical (unpaired) electrons. The van der Waals surface area contributed by atoms with E-state index in [1.807, 2.05) is 24.3 Å². The molecule has 0 bridgehead atoms. The van der Waals surface area contributed by atoms with Gasteiger partial charge in [-0.25, -0.2) is 10.4 Å². The number of imidazole rings is 1. The molecular weight excluding hydrogens is 394 g/mol. The van der Waals surface area contributed by atoms with Gasteiger partial charge in [-0.15, -0.1) is 0 Å². The number of carbonyl (C=O) groups excluding carboxylic acids is 1. The number of nitrogens with one attached hydrogen (secondary N) is 2. The van der Waals surface area contributed by atoms with Crippen LogP contribution in [0.5, 0.6) is 0 Å². The van der Waals surface area contributed by atoms with Gasteiger partial charge < -0.3 is 9.40 Å². The third kappa shape index (κ3) is 4.17. The van der Waals surface area contributed by atoms with Gasteiger partial charge in [0.25, 0.3) is 11.6 Å². The number of aromatic amines is 1. The number of aromatic nitrogens is 2. The van der Waals surface area contributed by atoms with E-state index in [0.29, 0.717) is 16.0 Å². The number of amides is 1. The minimum atomic E-state index is -0.683. The molecule has 0 unspecified atom stereocenters. The number of rotatable bonds is 6. The molecule has 0 aliphatic heterocycles. The number of nitro groups is 1. The van der Waals surface area contributed by atoms with Gasteiger partial charge in [0, 0.05) is 6.07 Å². The maximum absolute atomic E-state index is 12.1. The van der Waals surface area contributed by atoms with Gasteiger partial charge in [-0.3, -0.25) is 14.9 Å². The first-order valence-electron chi connectivity index (χ1n) is 8.39. The van der Waals surface area contributed by atoms with E-state index in [9.17, 15) is 14.9 Å². The van der Waals surface area contributed by atoms with E-state index >= 15 is 0 Å². The number of H-pyrrole nitrogens is 1. The average Bonchev–Trinajstić information content (AvgIpc) is 3.34. The predicted octanol–water partition coefficient (Wildman–Crippen LogP) is 3.98. The second-order valence-corrected chi connectivity index (χ2v) is 6.78. The van der Waals surface area contributed by atoms with Crippen molar-refractivity contribution in [2.24, 2.45) is 5.10 Å². The summed E-state index contributed by atoms with van der Waals surface area (Å²) in [5.74, 6) is -0.275. The Hall–Kier alpha value is -3.92. The van der Waals surface area contributed by atoms with E-state index < -0.39 is 10.8 Å². The summed E-state index contributed by atoms with van der Waals surface area (Å²) in [5.41, 5.74) is 3.69. The Kier molecular flexibility index (Phi) is 5.08. The van der Waals surface area contributed by atoms with Gasteiger partial charge in [0.05, 0.1) is 22.2 Å². The largest absolute Gasteiger partial charge is 0.448 e. The molecule has 0 aliphatic carbocycles. The van der Waals surface area contributed by atoms with Crippen LogP contribution in [0.3, 0.4) is 0 Å². The number of hydrogen-bond donors (Lipinski definition) is 2. The lowest BCUT2D eigenvalue weighted by Crippen LogP contribution is -2.18. The zero-order valence-corrected chi connectivity index (χ0v) is 15.6. The van der Waals surface area contributed by atoms with Crippen LogP contribution < -0.4 is 5.43 Å². The number of hydrogen-bond acceptors (Lipinski definition) is 7. The molecule has 0 aliphatic rings. The van der Waals surface area contributed by atoms with E-state index in [1.165, 1.54) is 36.2 Å². The first-order valence-corrected chi connectivity index (χ1v) is 9.21. The lowest BCUT2D eigenvalue weighted by molar-refractivity contribution is -0.385. The molecule has 29 heavy (non-hydrogen) atoms. The van der Waals surface area contributed by atoms with Crippen molar-refractivity contribution in [3.63, 3.8) is 0 Å². The standard InChI is InChI=1S/C19H13N5O4S/c25-18(13-5-1-4-8-16(13)24(26)27)23-20-11-12-9-10-17(28-12)29-19-21-14-6-2-3-7-15(14)22-19/h1-11H,(H,21,22)(H,23,25). The summed E-state index contributed by atoms with van der Waals surface area (Å²) in [6.07, 6.45) is 1.31. The number of nitro benzene ring substituents is 1. The van der Waals surface area contributed by atoms with Crippen molar-refractivity contribution < 1.29 is 14.1 Å². The quantitative estimate of drug-likeness (QED) is 0.283. The van der Waals surface area contributed by atoms with E-state index in [2.05, 4.69) is 20.5 Å². The van der Waals surface area contributed by atoms with Gasteiger partial charge in [-0.2, -0.15) is 5.10 Å². The number of benzene rings is 2. The number of fused-ring (bicyclic) bond motifs is 1. The summed E-state index contributed by atoms with van der Waals surface area (Å²) < 4.78 is 5.63. The third-order valence-corrected chi connectivity index (χ3v) is 4.68. The van der Waals surface area contributed by atoms with Crippen molar-refractivity contribution in [1.82, 2.24) is 15.4 Å². The predicted molar refractivity (Wildman–Crippen MR) is 107 cm³/mol. The molecule has 144 valence electrons. The molecule has 2 N–H and O–H groups in total. The molecule has 2 aromatic carbocycles. The fourth-order valence-electron chi connectivity index (χ4n) is 2.57. The van der Waals surface area contributed by atoms with Crippen molar-refractivity contribution in [3.05, 3.63) is 82.1 Å². The second-order valence-electron chi connectivity index (χ2n) is 5.79. The normalized spacial score (nSPS) is 11.2. The Labute approximate surface area is 168 Å². The maximum atomic E-state index is 12.1. The molecule has 2 heterocycles. The molecule has 0 fully saturated rings. The first-order chi connectivity index (χ1) is 14.1. The van der Waals surface area contributed by atoms with Crippen LogP contribution in [0, 0.1) is 10.1 Å². The zero-order valence-electron chi connectivity index (χ0n) is 14.7. The monoisotopic (exact) mass is 407 g/mol. The van der Waals surface area contributed by atoms with Crippen molar-refractivity contribution in [2.45, 2.75) is 10.2 Å². The number of hydrazone groups is 1. The summed E-state index contributed by atoms with van der Waals surface area (Å²) in [6.45, 7) is 0. The van der Waals surface area contributed by atoms with Gasteiger partial charge in [-0.1, -0.05) is 24.3 Å². The Bertz CT molecular complexity index is 1200. The Morgan fingerprint density at radius 1 is 1.17 bits per heavy atom. The van der Waals surface area contributed by atoms with E-state index in [0.717, 1.165) is 11.0 Å². The molecule has 2 aromatic heterocycles.